The summed E-state index contributed by atoms with van der Waals surface area (Å²) < 4.78 is 4.79. The minimum absolute atomic E-state index is 0.373. The zero-order valence-corrected chi connectivity index (χ0v) is 16.4. The van der Waals surface area contributed by atoms with Crippen molar-refractivity contribution in [2.75, 3.05) is 14.2 Å². The molecule has 2 aliphatic heterocycles. The Morgan fingerprint density at radius 2 is 2.15 bits per heavy atom. The van der Waals surface area contributed by atoms with Crippen LogP contribution in [0.1, 0.15) is 18.1 Å². The van der Waals surface area contributed by atoms with Crippen molar-refractivity contribution in [2.45, 2.75) is 37.8 Å². The van der Waals surface area contributed by atoms with Gasteiger partial charge in [-0.2, -0.15) is 0 Å². The van der Waals surface area contributed by atoms with Crippen LogP contribution in [0.2, 0.25) is 0 Å². The molecule has 2 aliphatic rings. The number of esters is 1. The van der Waals surface area contributed by atoms with E-state index in [4.69, 9.17) is 4.74 Å². The molecule has 8 nitrogen and oxygen atoms in total. The Kier molecular flexibility index (Phi) is 5.41. The van der Waals surface area contributed by atoms with Crippen LogP contribution in [-0.4, -0.2) is 64.5 Å². The third-order valence-corrected chi connectivity index (χ3v) is 5.67. The molecule has 3 amide bonds. The average Bonchev–Trinajstić information content (AvgIpc) is 2.97. The SMILES string of the molecule is COC(=O)C(C)SC1=NC2C(C(=O)NC(=O)N2C)N1Cc1cccc(C)c1. The van der Waals surface area contributed by atoms with Gasteiger partial charge in [-0.3, -0.25) is 14.9 Å². The molecule has 1 aromatic carbocycles. The standard InChI is InChI=1S/C18H22N4O4S/c1-10-6-5-7-12(8-10)9-22-13-14(21(3)17(25)20-15(13)23)19-18(22)27-11(2)16(24)26-4/h5-8,11,13-14H,9H2,1-4H3,(H,20,23,25). The number of carbonyl (C=O) groups is 3. The zero-order chi connectivity index (χ0) is 19.7. The number of imide groups is 1. The summed E-state index contributed by atoms with van der Waals surface area (Å²) in [7, 11) is 2.94. The van der Waals surface area contributed by atoms with Gasteiger partial charge < -0.3 is 14.5 Å². The lowest BCUT2D eigenvalue weighted by Crippen LogP contribution is -2.63. The fourth-order valence-electron chi connectivity index (χ4n) is 3.14. The molecule has 1 fully saturated rings. The van der Waals surface area contributed by atoms with Crippen molar-refractivity contribution in [1.82, 2.24) is 15.1 Å². The fraction of sp³-hybridized carbons (Fsp3) is 0.444. The van der Waals surface area contributed by atoms with Gasteiger partial charge in [0.05, 0.1) is 7.11 Å². The van der Waals surface area contributed by atoms with Crippen LogP contribution in [0.4, 0.5) is 4.79 Å². The second kappa shape index (κ2) is 7.59. The van der Waals surface area contributed by atoms with E-state index in [0.717, 1.165) is 11.1 Å². The summed E-state index contributed by atoms with van der Waals surface area (Å²) in [5, 5.41) is 2.42. The Morgan fingerprint density at radius 3 is 2.81 bits per heavy atom. The molecule has 2 heterocycles. The largest absolute Gasteiger partial charge is 0.468 e. The number of aliphatic imine (C=N–C) groups is 1. The molecule has 0 saturated carbocycles. The van der Waals surface area contributed by atoms with E-state index in [0.29, 0.717) is 11.7 Å². The number of benzene rings is 1. The fourth-order valence-corrected chi connectivity index (χ4v) is 4.14. The van der Waals surface area contributed by atoms with Crippen LogP contribution >= 0.6 is 11.8 Å². The maximum atomic E-state index is 12.5. The van der Waals surface area contributed by atoms with E-state index in [1.54, 1.807) is 14.0 Å². The van der Waals surface area contributed by atoms with E-state index in [-0.39, 0.29) is 11.9 Å². The predicted octanol–water partition coefficient (Wildman–Crippen LogP) is 1.34. The molecule has 3 atom stereocenters. The van der Waals surface area contributed by atoms with Crippen LogP contribution in [-0.2, 0) is 20.9 Å². The molecule has 3 rings (SSSR count). The first-order valence-electron chi connectivity index (χ1n) is 8.54. The number of likely N-dealkylation sites (N-methyl/N-ethyl adjacent to an activating group) is 1. The number of carbonyl (C=O) groups excluding carboxylic acids is 3. The average molecular weight is 390 g/mol. The number of methoxy groups -OCH3 is 1. The first-order chi connectivity index (χ1) is 12.8. The number of fused-ring (bicyclic) bond motifs is 1. The van der Waals surface area contributed by atoms with Gasteiger partial charge in [0.2, 0.25) is 0 Å². The lowest BCUT2D eigenvalue weighted by atomic mass is 10.1. The monoisotopic (exact) mass is 390 g/mol. The first-order valence-corrected chi connectivity index (χ1v) is 9.42. The number of amidine groups is 1. The molecule has 0 bridgehead atoms. The summed E-state index contributed by atoms with van der Waals surface area (Å²) in [5.74, 6) is -0.761. The van der Waals surface area contributed by atoms with Gasteiger partial charge in [-0.1, -0.05) is 41.6 Å². The lowest BCUT2D eigenvalue weighted by molar-refractivity contribution is -0.139. The quantitative estimate of drug-likeness (QED) is 0.780. The minimum atomic E-state index is -0.638. The normalized spacial score (nSPS) is 22.9. The maximum absolute atomic E-state index is 12.5. The summed E-state index contributed by atoms with van der Waals surface area (Å²) in [4.78, 5) is 44.2. The van der Waals surface area contributed by atoms with Crippen molar-refractivity contribution in [3.05, 3.63) is 35.4 Å². The number of nitrogens with zero attached hydrogens (tertiary/aromatic N) is 3. The van der Waals surface area contributed by atoms with Crippen LogP contribution in [0.25, 0.3) is 0 Å². The van der Waals surface area contributed by atoms with Crippen molar-refractivity contribution in [1.29, 1.82) is 0 Å². The maximum Gasteiger partial charge on any atom is 0.325 e. The summed E-state index contributed by atoms with van der Waals surface area (Å²) >= 11 is 1.23. The summed E-state index contributed by atoms with van der Waals surface area (Å²) in [5.41, 5.74) is 2.12. The Balaban J connectivity index is 1.92. The van der Waals surface area contributed by atoms with Gasteiger partial charge in [-0.25, -0.2) is 9.79 Å². The molecule has 0 aromatic heterocycles. The summed E-state index contributed by atoms with van der Waals surface area (Å²) in [6.07, 6.45) is -0.622. The molecular weight excluding hydrogens is 368 g/mol. The van der Waals surface area contributed by atoms with E-state index < -0.39 is 23.5 Å². The first kappa shape index (κ1) is 19.2. The smallest absolute Gasteiger partial charge is 0.325 e. The molecule has 1 saturated heterocycles. The van der Waals surface area contributed by atoms with Gasteiger partial charge in [0.1, 0.15) is 5.25 Å². The zero-order valence-electron chi connectivity index (χ0n) is 15.6. The number of amides is 3. The molecule has 0 spiro atoms. The molecule has 1 N–H and O–H groups in total. The molecule has 0 aliphatic carbocycles. The molecule has 0 radical (unpaired) electrons. The Bertz CT molecular complexity index is 812. The summed E-state index contributed by atoms with van der Waals surface area (Å²) in [6, 6.07) is 6.85. The van der Waals surface area contributed by atoms with Crippen LogP contribution < -0.4 is 5.32 Å². The van der Waals surface area contributed by atoms with Crippen molar-refractivity contribution in [3.63, 3.8) is 0 Å². The highest BCUT2D eigenvalue weighted by Gasteiger charge is 2.49. The van der Waals surface area contributed by atoms with Crippen molar-refractivity contribution in [3.8, 4) is 0 Å². The van der Waals surface area contributed by atoms with Crippen molar-refractivity contribution >= 4 is 34.8 Å². The number of nitrogens with one attached hydrogen (secondary N) is 1. The molecular formula is C18H22N4O4S. The molecule has 9 heteroatoms. The highest BCUT2D eigenvalue weighted by molar-refractivity contribution is 8.14. The molecule has 3 unspecified atom stereocenters. The topological polar surface area (TPSA) is 91.3 Å². The van der Waals surface area contributed by atoms with E-state index in [2.05, 4.69) is 10.3 Å². The lowest BCUT2D eigenvalue weighted by Gasteiger charge is -2.36. The van der Waals surface area contributed by atoms with Crippen LogP contribution in [0.5, 0.6) is 0 Å². The highest BCUT2D eigenvalue weighted by Crippen LogP contribution is 2.31. The Morgan fingerprint density at radius 1 is 1.41 bits per heavy atom. The van der Waals surface area contributed by atoms with Crippen LogP contribution in [0.15, 0.2) is 29.3 Å². The van der Waals surface area contributed by atoms with Gasteiger partial charge in [-0.15, -0.1) is 0 Å². The number of ether oxygens (including phenoxy) is 1. The predicted molar refractivity (Wildman–Crippen MR) is 102 cm³/mol. The van der Waals surface area contributed by atoms with Crippen LogP contribution in [0.3, 0.4) is 0 Å². The van der Waals surface area contributed by atoms with E-state index >= 15 is 0 Å². The second-order valence-electron chi connectivity index (χ2n) is 6.58. The van der Waals surface area contributed by atoms with E-state index in [9.17, 15) is 14.4 Å². The number of hydrogen-bond donors (Lipinski definition) is 1. The number of urea groups is 1. The Labute approximate surface area is 161 Å². The molecule has 1 aromatic rings. The van der Waals surface area contributed by atoms with E-state index in [1.165, 1.54) is 23.8 Å². The summed E-state index contributed by atoms with van der Waals surface area (Å²) in [6.45, 7) is 4.16. The van der Waals surface area contributed by atoms with Gasteiger partial charge in [0.15, 0.2) is 17.4 Å². The third-order valence-electron chi connectivity index (χ3n) is 4.57. The number of rotatable bonds is 4. The van der Waals surface area contributed by atoms with Crippen LogP contribution in [0, 0.1) is 6.92 Å². The van der Waals surface area contributed by atoms with Gasteiger partial charge in [0.25, 0.3) is 5.91 Å². The highest BCUT2D eigenvalue weighted by atomic mass is 32.2. The number of aryl methyl sites for hydroxylation is 1. The second-order valence-corrected chi connectivity index (χ2v) is 7.88. The van der Waals surface area contributed by atoms with E-state index in [1.807, 2.05) is 36.1 Å². The number of thioether (sulfide) groups is 1. The minimum Gasteiger partial charge on any atom is -0.468 e. The van der Waals surface area contributed by atoms with Crippen molar-refractivity contribution < 1.29 is 19.1 Å². The van der Waals surface area contributed by atoms with Gasteiger partial charge in [-0.05, 0) is 19.4 Å². The third kappa shape index (κ3) is 3.78. The molecule has 27 heavy (non-hydrogen) atoms. The Hall–Kier alpha value is -2.55. The van der Waals surface area contributed by atoms with Gasteiger partial charge in [0, 0.05) is 13.6 Å². The molecule has 144 valence electrons. The van der Waals surface area contributed by atoms with Gasteiger partial charge >= 0.3 is 12.0 Å². The number of hydrogen-bond acceptors (Lipinski definition) is 7. The van der Waals surface area contributed by atoms with Crippen molar-refractivity contribution in [2.24, 2.45) is 4.99 Å².